The Labute approximate surface area is 142 Å². The summed E-state index contributed by atoms with van der Waals surface area (Å²) in [5.74, 6) is 0. The molecule has 0 bridgehead atoms. The van der Waals surface area contributed by atoms with Crippen LogP contribution in [0.2, 0.25) is 0 Å². The van der Waals surface area contributed by atoms with Crippen LogP contribution >= 0.6 is 0 Å². The normalized spacial score (nSPS) is 11.0. The van der Waals surface area contributed by atoms with Crippen LogP contribution in [0.4, 0.5) is 0 Å². The van der Waals surface area contributed by atoms with Crippen molar-refractivity contribution in [1.82, 2.24) is 0 Å². The third kappa shape index (κ3) is 19.7. The number of rotatable bonds is 18. The minimum atomic E-state index is 1.11. The summed E-state index contributed by atoms with van der Waals surface area (Å²) >= 11 is 0. The lowest BCUT2D eigenvalue weighted by Crippen LogP contribution is -1.84. The van der Waals surface area contributed by atoms with Crippen LogP contribution in [0.15, 0.2) is 12.2 Å². The first kappa shape index (κ1) is 21.7. The van der Waals surface area contributed by atoms with Gasteiger partial charge in [-0.25, -0.2) is 0 Å². The van der Waals surface area contributed by atoms with Gasteiger partial charge in [-0.05, 0) is 26.2 Å². The van der Waals surface area contributed by atoms with E-state index < -0.39 is 0 Å². The maximum Gasteiger partial charge on any atom is -0.0295 e. The van der Waals surface area contributed by atoms with E-state index in [1.807, 2.05) is 0 Å². The van der Waals surface area contributed by atoms with Crippen LogP contribution in [-0.2, 0) is 0 Å². The van der Waals surface area contributed by atoms with E-state index in [0.717, 1.165) is 6.42 Å². The van der Waals surface area contributed by atoms with Crippen molar-refractivity contribution in [3.05, 3.63) is 18.6 Å². The summed E-state index contributed by atoms with van der Waals surface area (Å²) in [6, 6.07) is 0. The van der Waals surface area contributed by atoms with E-state index in [1.165, 1.54) is 108 Å². The first-order valence-electron chi connectivity index (χ1n) is 10.2. The fourth-order valence-electron chi connectivity index (χ4n) is 3.01. The first-order chi connectivity index (χ1) is 10.8. The second-order valence-electron chi connectivity index (χ2n) is 7.19. The lowest BCUT2D eigenvalue weighted by atomic mass is 10.0. The number of allylic oxidation sites excluding steroid dienone is 1. The molecule has 22 heavy (non-hydrogen) atoms. The minimum Gasteiger partial charge on any atom is -0.100 e. The zero-order chi connectivity index (χ0) is 16.3. The van der Waals surface area contributed by atoms with Crippen molar-refractivity contribution >= 4 is 0 Å². The van der Waals surface area contributed by atoms with E-state index in [1.54, 1.807) is 0 Å². The molecular formula is C22H43. The molecule has 0 aromatic rings. The number of hydrogen-bond donors (Lipinski definition) is 0. The quantitative estimate of drug-likeness (QED) is 0.176. The van der Waals surface area contributed by atoms with Gasteiger partial charge in [0.25, 0.3) is 0 Å². The van der Waals surface area contributed by atoms with Crippen LogP contribution in [0.1, 0.15) is 123 Å². The van der Waals surface area contributed by atoms with Crippen LogP contribution in [0.5, 0.6) is 0 Å². The van der Waals surface area contributed by atoms with E-state index in [4.69, 9.17) is 0 Å². The summed E-state index contributed by atoms with van der Waals surface area (Å²) in [7, 11) is 0. The molecule has 0 N–H and O–H groups in total. The standard InChI is InChI=1S/C22H43/c1-4-5-6-7-8-9-10-11-12-13-14-15-16-17-18-19-20-21-22(2)3/h20H,2,4-19,21H2,1,3H3. The Kier molecular flexibility index (Phi) is 18.6. The third-order valence-electron chi connectivity index (χ3n) is 4.50. The number of hydrogen-bond acceptors (Lipinski definition) is 0. The maximum atomic E-state index is 3.93. The molecule has 0 aromatic carbocycles. The molecule has 0 unspecified atom stereocenters. The Morgan fingerprint density at radius 1 is 0.636 bits per heavy atom. The van der Waals surface area contributed by atoms with Gasteiger partial charge in [0, 0.05) is 0 Å². The second-order valence-corrected chi connectivity index (χ2v) is 7.19. The molecule has 0 spiro atoms. The van der Waals surface area contributed by atoms with Crippen molar-refractivity contribution in [2.45, 2.75) is 123 Å². The van der Waals surface area contributed by atoms with Crippen molar-refractivity contribution in [1.29, 1.82) is 0 Å². The summed E-state index contributed by atoms with van der Waals surface area (Å²) in [4.78, 5) is 0. The van der Waals surface area contributed by atoms with Gasteiger partial charge in [0.05, 0.1) is 0 Å². The predicted molar refractivity (Wildman–Crippen MR) is 103 cm³/mol. The van der Waals surface area contributed by atoms with Gasteiger partial charge in [-0.3, -0.25) is 0 Å². The molecule has 0 heteroatoms. The molecule has 0 nitrogen and oxygen atoms in total. The topological polar surface area (TPSA) is 0 Å². The van der Waals surface area contributed by atoms with Gasteiger partial charge >= 0.3 is 0 Å². The van der Waals surface area contributed by atoms with Gasteiger partial charge in [-0.2, -0.15) is 0 Å². The highest BCUT2D eigenvalue weighted by Crippen LogP contribution is 2.14. The molecule has 0 aliphatic carbocycles. The van der Waals surface area contributed by atoms with E-state index >= 15 is 0 Å². The van der Waals surface area contributed by atoms with Crippen LogP contribution in [-0.4, -0.2) is 0 Å². The van der Waals surface area contributed by atoms with Crippen molar-refractivity contribution in [3.63, 3.8) is 0 Å². The summed E-state index contributed by atoms with van der Waals surface area (Å²) < 4.78 is 0. The van der Waals surface area contributed by atoms with Crippen LogP contribution in [0, 0.1) is 6.42 Å². The van der Waals surface area contributed by atoms with Gasteiger partial charge in [-0.1, -0.05) is 109 Å². The first-order valence-corrected chi connectivity index (χ1v) is 10.2. The Hall–Kier alpha value is -0.260. The fourth-order valence-corrected chi connectivity index (χ4v) is 3.01. The Balaban J connectivity index is 2.95. The Morgan fingerprint density at radius 3 is 1.36 bits per heavy atom. The molecular weight excluding hydrogens is 264 g/mol. The van der Waals surface area contributed by atoms with Crippen LogP contribution in [0.25, 0.3) is 0 Å². The average molecular weight is 308 g/mol. The van der Waals surface area contributed by atoms with Gasteiger partial charge in [0.1, 0.15) is 0 Å². The summed E-state index contributed by atoms with van der Waals surface area (Å²) in [6.45, 7) is 8.34. The molecule has 0 heterocycles. The van der Waals surface area contributed by atoms with Gasteiger partial charge in [0.15, 0.2) is 0 Å². The van der Waals surface area contributed by atoms with Gasteiger partial charge in [0.2, 0.25) is 0 Å². The highest BCUT2D eigenvalue weighted by atomic mass is 14.0. The average Bonchev–Trinajstić information content (AvgIpc) is 2.50. The molecule has 131 valence electrons. The SMILES string of the molecule is C=C(C)C[CH]CCCCCCCCCCCCCCCCC. The maximum absolute atomic E-state index is 3.93. The smallest absolute Gasteiger partial charge is 0.0295 e. The van der Waals surface area contributed by atoms with Crippen molar-refractivity contribution < 1.29 is 0 Å². The zero-order valence-electron chi connectivity index (χ0n) is 15.8. The van der Waals surface area contributed by atoms with E-state index in [-0.39, 0.29) is 0 Å². The van der Waals surface area contributed by atoms with Crippen molar-refractivity contribution in [2.24, 2.45) is 0 Å². The van der Waals surface area contributed by atoms with Crippen molar-refractivity contribution in [3.8, 4) is 0 Å². The van der Waals surface area contributed by atoms with Gasteiger partial charge in [-0.15, -0.1) is 6.58 Å². The Bertz CT molecular complexity index is 216. The number of unbranched alkanes of at least 4 members (excludes halogenated alkanes) is 16. The minimum absolute atomic E-state index is 1.11. The van der Waals surface area contributed by atoms with E-state index in [0.29, 0.717) is 0 Å². The summed E-state index contributed by atoms with van der Waals surface area (Å²) in [5.41, 5.74) is 1.29. The lowest BCUT2D eigenvalue weighted by Gasteiger charge is -2.03. The molecule has 0 aromatic heterocycles. The largest absolute Gasteiger partial charge is 0.100 e. The lowest BCUT2D eigenvalue weighted by molar-refractivity contribution is 0.531. The molecule has 0 saturated carbocycles. The third-order valence-corrected chi connectivity index (χ3v) is 4.50. The Morgan fingerprint density at radius 2 is 1.00 bits per heavy atom. The second kappa shape index (κ2) is 18.8. The summed E-state index contributed by atoms with van der Waals surface area (Å²) in [5, 5.41) is 0. The predicted octanol–water partition coefficient (Wildman–Crippen LogP) is 8.42. The molecule has 0 rings (SSSR count). The fraction of sp³-hybridized carbons (Fsp3) is 0.864. The monoisotopic (exact) mass is 307 g/mol. The molecule has 0 fully saturated rings. The van der Waals surface area contributed by atoms with Crippen molar-refractivity contribution in [2.75, 3.05) is 0 Å². The van der Waals surface area contributed by atoms with E-state index in [2.05, 4.69) is 26.8 Å². The summed E-state index contributed by atoms with van der Waals surface area (Å²) in [6.07, 6.45) is 26.5. The highest BCUT2D eigenvalue weighted by Gasteiger charge is 1.95. The molecule has 0 amide bonds. The molecule has 0 atom stereocenters. The molecule has 1 radical (unpaired) electrons. The van der Waals surface area contributed by atoms with Crippen LogP contribution < -0.4 is 0 Å². The highest BCUT2D eigenvalue weighted by molar-refractivity contribution is 4.93. The zero-order valence-corrected chi connectivity index (χ0v) is 15.8. The molecule has 0 aliphatic rings. The molecule has 0 saturated heterocycles. The molecule has 0 aliphatic heterocycles. The van der Waals surface area contributed by atoms with Crippen LogP contribution in [0.3, 0.4) is 0 Å². The van der Waals surface area contributed by atoms with E-state index in [9.17, 15) is 0 Å². The van der Waals surface area contributed by atoms with Gasteiger partial charge < -0.3 is 0 Å².